The van der Waals surface area contributed by atoms with Crippen LogP contribution in [0.5, 0.6) is 0 Å². The lowest BCUT2D eigenvalue weighted by molar-refractivity contribution is -0.0284. The number of nitrogens with zero attached hydrogens (tertiary/aromatic N) is 2. The Balaban J connectivity index is 1.42. The van der Waals surface area contributed by atoms with Gasteiger partial charge in [-0.1, -0.05) is 30.3 Å². The third-order valence-electron chi connectivity index (χ3n) is 5.60. The minimum absolute atomic E-state index is 0.0390. The molecular weight excluding hydrogens is 414 g/mol. The molecule has 32 heavy (non-hydrogen) atoms. The standard InChI is InChI=1S/C25H24F2N2O3/c26-19-9-7-17(8-10-19)24(18-3-1-4-20(27)15-18)32-22-11-13-29(14-12-22)16-21-5-2-6-23(28-21)25(30)31/h1-10,15,22,24H,11-14,16H2,(H,30,31). The van der Waals surface area contributed by atoms with Crippen molar-refractivity contribution in [1.82, 2.24) is 9.88 Å². The summed E-state index contributed by atoms with van der Waals surface area (Å²) in [6.45, 7) is 2.10. The third kappa shape index (κ3) is 5.55. The highest BCUT2D eigenvalue weighted by Gasteiger charge is 2.25. The molecule has 1 fully saturated rings. The number of carboxylic acids is 1. The van der Waals surface area contributed by atoms with Gasteiger partial charge in [0, 0.05) is 19.6 Å². The van der Waals surface area contributed by atoms with Crippen LogP contribution in [0.3, 0.4) is 0 Å². The minimum Gasteiger partial charge on any atom is -0.477 e. The molecule has 1 saturated heterocycles. The van der Waals surface area contributed by atoms with Crippen molar-refractivity contribution in [2.24, 2.45) is 0 Å². The van der Waals surface area contributed by atoms with Crippen LogP contribution in [-0.2, 0) is 11.3 Å². The first-order valence-corrected chi connectivity index (χ1v) is 10.6. The number of carboxylic acid groups (broad SMARTS) is 1. The van der Waals surface area contributed by atoms with Crippen molar-refractivity contribution in [3.05, 3.63) is 101 Å². The van der Waals surface area contributed by atoms with Crippen LogP contribution in [0.25, 0.3) is 0 Å². The number of carbonyl (C=O) groups is 1. The summed E-state index contributed by atoms with van der Waals surface area (Å²) in [7, 11) is 0. The lowest BCUT2D eigenvalue weighted by Gasteiger charge is -2.34. The highest BCUT2D eigenvalue weighted by molar-refractivity contribution is 5.85. The van der Waals surface area contributed by atoms with Gasteiger partial charge < -0.3 is 9.84 Å². The molecule has 3 aromatic rings. The second-order valence-corrected chi connectivity index (χ2v) is 7.92. The van der Waals surface area contributed by atoms with Gasteiger partial charge in [0.1, 0.15) is 23.4 Å². The van der Waals surface area contributed by atoms with Crippen molar-refractivity contribution >= 4 is 5.97 Å². The molecule has 1 aliphatic rings. The number of benzene rings is 2. The van der Waals surface area contributed by atoms with Gasteiger partial charge in [0.2, 0.25) is 0 Å². The fourth-order valence-electron chi connectivity index (χ4n) is 3.97. The topological polar surface area (TPSA) is 62.7 Å². The van der Waals surface area contributed by atoms with E-state index in [4.69, 9.17) is 9.84 Å². The van der Waals surface area contributed by atoms with Gasteiger partial charge in [-0.15, -0.1) is 0 Å². The summed E-state index contributed by atoms with van der Waals surface area (Å²) >= 11 is 0. The molecule has 0 saturated carbocycles. The number of piperidine rings is 1. The number of pyridine rings is 1. The van der Waals surface area contributed by atoms with E-state index in [0.717, 1.165) is 31.5 Å². The summed E-state index contributed by atoms with van der Waals surface area (Å²) in [6.07, 6.45) is 1.01. The van der Waals surface area contributed by atoms with Crippen molar-refractivity contribution in [3.63, 3.8) is 0 Å². The van der Waals surface area contributed by atoms with Gasteiger partial charge in [-0.05, 0) is 60.4 Å². The van der Waals surface area contributed by atoms with E-state index < -0.39 is 12.1 Å². The number of likely N-dealkylation sites (tertiary alicyclic amines) is 1. The van der Waals surface area contributed by atoms with E-state index in [1.54, 1.807) is 24.3 Å². The molecule has 5 nitrogen and oxygen atoms in total. The Hall–Kier alpha value is -3.16. The molecule has 166 valence electrons. The molecule has 2 aromatic carbocycles. The largest absolute Gasteiger partial charge is 0.477 e. The van der Waals surface area contributed by atoms with Crippen LogP contribution in [0.4, 0.5) is 8.78 Å². The molecule has 1 aliphatic heterocycles. The predicted octanol–water partition coefficient (Wildman–Crippen LogP) is 4.83. The van der Waals surface area contributed by atoms with Gasteiger partial charge in [-0.25, -0.2) is 18.6 Å². The van der Waals surface area contributed by atoms with Crippen LogP contribution in [0.15, 0.2) is 66.7 Å². The number of ether oxygens (including phenoxy) is 1. The number of rotatable bonds is 7. The minimum atomic E-state index is -1.04. The Morgan fingerprint density at radius 3 is 2.41 bits per heavy atom. The summed E-state index contributed by atoms with van der Waals surface area (Å²) in [6, 6.07) is 17.4. The Morgan fingerprint density at radius 2 is 1.72 bits per heavy atom. The second kappa shape index (κ2) is 9.97. The van der Waals surface area contributed by atoms with Gasteiger partial charge in [0.25, 0.3) is 0 Å². The van der Waals surface area contributed by atoms with Crippen molar-refractivity contribution in [1.29, 1.82) is 0 Å². The highest BCUT2D eigenvalue weighted by atomic mass is 19.1. The van der Waals surface area contributed by atoms with Crippen molar-refractivity contribution in [2.75, 3.05) is 13.1 Å². The molecule has 4 rings (SSSR count). The molecule has 1 N–H and O–H groups in total. The molecule has 0 radical (unpaired) electrons. The van der Waals surface area contributed by atoms with Gasteiger partial charge in [-0.2, -0.15) is 0 Å². The number of aromatic nitrogens is 1. The van der Waals surface area contributed by atoms with E-state index in [0.29, 0.717) is 17.8 Å². The fourth-order valence-corrected chi connectivity index (χ4v) is 3.97. The Kier molecular flexibility index (Phi) is 6.87. The first kappa shape index (κ1) is 22.0. The van der Waals surface area contributed by atoms with E-state index >= 15 is 0 Å². The summed E-state index contributed by atoms with van der Waals surface area (Å²) in [5.74, 6) is -1.71. The van der Waals surface area contributed by atoms with Crippen molar-refractivity contribution in [3.8, 4) is 0 Å². The molecule has 1 atom stereocenters. The van der Waals surface area contributed by atoms with E-state index in [-0.39, 0.29) is 23.4 Å². The van der Waals surface area contributed by atoms with Crippen LogP contribution < -0.4 is 0 Å². The van der Waals surface area contributed by atoms with Gasteiger partial charge in [0.05, 0.1) is 11.8 Å². The molecule has 7 heteroatoms. The van der Waals surface area contributed by atoms with Crippen molar-refractivity contribution < 1.29 is 23.4 Å². The Morgan fingerprint density at radius 1 is 1.00 bits per heavy atom. The van der Waals surface area contributed by atoms with Crippen molar-refractivity contribution in [2.45, 2.75) is 31.6 Å². The monoisotopic (exact) mass is 438 g/mol. The lowest BCUT2D eigenvalue weighted by Crippen LogP contribution is -2.37. The summed E-state index contributed by atoms with van der Waals surface area (Å²) in [5.41, 5.74) is 2.22. The smallest absolute Gasteiger partial charge is 0.354 e. The molecular formula is C25H24F2N2O3. The molecule has 1 aromatic heterocycles. The molecule has 0 bridgehead atoms. The normalized spacial score (nSPS) is 16.1. The number of hydrogen-bond donors (Lipinski definition) is 1. The number of hydrogen-bond acceptors (Lipinski definition) is 4. The summed E-state index contributed by atoms with van der Waals surface area (Å²) < 4.78 is 33.7. The first-order chi connectivity index (χ1) is 15.5. The summed E-state index contributed by atoms with van der Waals surface area (Å²) in [4.78, 5) is 17.5. The van der Waals surface area contributed by atoms with Crippen LogP contribution in [0.1, 0.15) is 46.3 Å². The van der Waals surface area contributed by atoms with E-state index in [1.165, 1.54) is 30.3 Å². The zero-order valence-corrected chi connectivity index (χ0v) is 17.5. The summed E-state index contributed by atoms with van der Waals surface area (Å²) in [5, 5.41) is 9.12. The van der Waals surface area contributed by atoms with Gasteiger partial charge in [-0.3, -0.25) is 4.90 Å². The highest BCUT2D eigenvalue weighted by Crippen LogP contribution is 2.31. The third-order valence-corrected chi connectivity index (χ3v) is 5.60. The average Bonchev–Trinajstić information content (AvgIpc) is 2.79. The van der Waals surface area contributed by atoms with E-state index in [9.17, 15) is 13.6 Å². The van der Waals surface area contributed by atoms with Crippen LogP contribution in [-0.4, -0.2) is 40.2 Å². The zero-order valence-electron chi connectivity index (χ0n) is 17.5. The fraction of sp³-hybridized carbons (Fsp3) is 0.280. The van der Waals surface area contributed by atoms with Gasteiger partial charge in [0.15, 0.2) is 0 Å². The Bertz CT molecular complexity index is 1070. The Labute approximate surface area is 185 Å². The SMILES string of the molecule is O=C(O)c1cccc(CN2CCC(OC(c3ccc(F)cc3)c3cccc(F)c3)CC2)n1. The van der Waals surface area contributed by atoms with Gasteiger partial charge >= 0.3 is 5.97 Å². The second-order valence-electron chi connectivity index (χ2n) is 7.92. The molecule has 0 spiro atoms. The van der Waals surface area contributed by atoms with Crippen LogP contribution >= 0.6 is 0 Å². The maximum absolute atomic E-state index is 13.9. The van der Waals surface area contributed by atoms with Crippen LogP contribution in [0, 0.1) is 11.6 Å². The zero-order chi connectivity index (χ0) is 22.5. The lowest BCUT2D eigenvalue weighted by atomic mass is 9.99. The number of aromatic carboxylic acids is 1. The van der Waals surface area contributed by atoms with E-state index in [2.05, 4.69) is 9.88 Å². The average molecular weight is 438 g/mol. The predicted molar refractivity (Wildman–Crippen MR) is 115 cm³/mol. The molecule has 0 amide bonds. The first-order valence-electron chi connectivity index (χ1n) is 10.6. The van der Waals surface area contributed by atoms with E-state index in [1.807, 2.05) is 12.1 Å². The molecule has 2 heterocycles. The molecule has 0 aliphatic carbocycles. The molecule has 1 unspecified atom stereocenters. The maximum Gasteiger partial charge on any atom is 0.354 e. The maximum atomic E-state index is 13.9. The van der Waals surface area contributed by atoms with Crippen LogP contribution in [0.2, 0.25) is 0 Å². The quantitative estimate of drug-likeness (QED) is 0.573. The number of halogens is 2.